The number of hydrogen-bond acceptors (Lipinski definition) is 4. The van der Waals surface area contributed by atoms with Gasteiger partial charge < -0.3 is 10.5 Å². The van der Waals surface area contributed by atoms with E-state index in [4.69, 9.17) is 10.5 Å². The maximum atomic E-state index is 12.3. The first-order valence-electron chi connectivity index (χ1n) is 6.20. The van der Waals surface area contributed by atoms with Gasteiger partial charge in [0, 0.05) is 6.54 Å². The topological polar surface area (TPSA) is 69.4 Å². The van der Waals surface area contributed by atoms with E-state index in [1.54, 1.807) is 30.3 Å². The number of ether oxygens (including phenoxy) is 1. The Bertz CT molecular complexity index is 679. The molecular weight excluding hydrogens is 274 g/mol. The molecule has 0 unspecified atom stereocenters. The second kappa shape index (κ2) is 6.07. The first-order valence-corrected chi connectivity index (χ1v) is 7.85. The molecule has 2 rings (SSSR count). The molecule has 0 saturated heterocycles. The zero-order valence-corrected chi connectivity index (χ0v) is 12.1. The molecule has 0 spiro atoms. The van der Waals surface area contributed by atoms with E-state index in [1.807, 2.05) is 12.1 Å². The molecule has 0 aliphatic heterocycles. The Hall–Kier alpha value is -1.85. The summed E-state index contributed by atoms with van der Waals surface area (Å²) in [6.45, 7) is 0.447. The zero-order chi connectivity index (χ0) is 14.6. The molecule has 0 fully saturated rings. The van der Waals surface area contributed by atoms with Crippen molar-refractivity contribution in [2.24, 2.45) is 5.73 Å². The SMILES string of the molecule is COc1cccc(S(=O)(=O)Cc2ccc(CN)cc2)c1. The quantitative estimate of drug-likeness (QED) is 0.916. The van der Waals surface area contributed by atoms with Crippen molar-refractivity contribution in [2.45, 2.75) is 17.2 Å². The van der Waals surface area contributed by atoms with Crippen LogP contribution in [0.15, 0.2) is 53.4 Å². The lowest BCUT2D eigenvalue weighted by atomic mass is 10.1. The molecular formula is C15H17NO3S. The highest BCUT2D eigenvalue weighted by Crippen LogP contribution is 2.21. The molecule has 2 aromatic rings. The molecule has 106 valence electrons. The van der Waals surface area contributed by atoms with Gasteiger partial charge in [-0.05, 0) is 29.3 Å². The van der Waals surface area contributed by atoms with Crippen molar-refractivity contribution in [2.75, 3.05) is 7.11 Å². The average molecular weight is 291 g/mol. The van der Waals surface area contributed by atoms with Crippen molar-refractivity contribution in [1.29, 1.82) is 0 Å². The number of sulfone groups is 1. The largest absolute Gasteiger partial charge is 0.497 e. The van der Waals surface area contributed by atoms with Crippen molar-refractivity contribution >= 4 is 9.84 Å². The summed E-state index contributed by atoms with van der Waals surface area (Å²) < 4.78 is 29.7. The Morgan fingerprint density at radius 1 is 1.05 bits per heavy atom. The van der Waals surface area contributed by atoms with Crippen LogP contribution >= 0.6 is 0 Å². The van der Waals surface area contributed by atoms with Crippen molar-refractivity contribution in [3.8, 4) is 5.75 Å². The van der Waals surface area contributed by atoms with Gasteiger partial charge in [0.05, 0.1) is 17.8 Å². The van der Waals surface area contributed by atoms with E-state index in [-0.39, 0.29) is 10.6 Å². The van der Waals surface area contributed by atoms with E-state index in [0.29, 0.717) is 12.3 Å². The predicted molar refractivity (Wildman–Crippen MR) is 78.2 cm³/mol. The lowest BCUT2D eigenvalue weighted by Crippen LogP contribution is -2.05. The smallest absolute Gasteiger partial charge is 0.182 e. The normalized spacial score (nSPS) is 11.3. The highest BCUT2D eigenvalue weighted by molar-refractivity contribution is 7.90. The van der Waals surface area contributed by atoms with Gasteiger partial charge in [-0.25, -0.2) is 8.42 Å². The fourth-order valence-electron chi connectivity index (χ4n) is 1.87. The number of hydrogen-bond donors (Lipinski definition) is 1. The summed E-state index contributed by atoms with van der Waals surface area (Å²) in [4.78, 5) is 0.264. The van der Waals surface area contributed by atoms with E-state index < -0.39 is 9.84 Å². The van der Waals surface area contributed by atoms with Gasteiger partial charge in [0.1, 0.15) is 5.75 Å². The number of benzene rings is 2. The van der Waals surface area contributed by atoms with Gasteiger partial charge in [-0.1, -0.05) is 30.3 Å². The van der Waals surface area contributed by atoms with E-state index in [2.05, 4.69) is 0 Å². The molecule has 0 aliphatic rings. The van der Waals surface area contributed by atoms with Crippen molar-refractivity contribution < 1.29 is 13.2 Å². The molecule has 0 atom stereocenters. The average Bonchev–Trinajstić information content (AvgIpc) is 2.48. The van der Waals surface area contributed by atoms with Crippen LogP contribution in [0.2, 0.25) is 0 Å². The van der Waals surface area contributed by atoms with Crippen LogP contribution in [0.3, 0.4) is 0 Å². The molecule has 2 N–H and O–H groups in total. The standard InChI is InChI=1S/C15H17NO3S/c1-19-14-3-2-4-15(9-14)20(17,18)11-13-7-5-12(10-16)6-8-13/h2-9H,10-11,16H2,1H3. The number of methoxy groups -OCH3 is 1. The molecule has 0 bridgehead atoms. The van der Waals surface area contributed by atoms with Crippen LogP contribution in [0.25, 0.3) is 0 Å². The molecule has 2 aromatic carbocycles. The summed E-state index contributed by atoms with van der Waals surface area (Å²) in [5.41, 5.74) is 7.24. The molecule has 0 aliphatic carbocycles. The Kier molecular flexibility index (Phi) is 4.42. The zero-order valence-electron chi connectivity index (χ0n) is 11.2. The molecule has 0 heterocycles. The second-order valence-corrected chi connectivity index (χ2v) is 6.45. The summed E-state index contributed by atoms with van der Waals surface area (Å²) in [6, 6.07) is 13.8. The fourth-order valence-corrected chi connectivity index (χ4v) is 3.25. The van der Waals surface area contributed by atoms with Gasteiger partial charge in [-0.2, -0.15) is 0 Å². The van der Waals surface area contributed by atoms with Crippen molar-refractivity contribution in [1.82, 2.24) is 0 Å². The highest BCUT2D eigenvalue weighted by atomic mass is 32.2. The maximum absolute atomic E-state index is 12.3. The summed E-state index contributed by atoms with van der Waals surface area (Å²) in [5.74, 6) is 0.495. The Morgan fingerprint density at radius 2 is 1.70 bits per heavy atom. The minimum absolute atomic E-state index is 0.0367. The fraction of sp³-hybridized carbons (Fsp3) is 0.200. The van der Waals surface area contributed by atoms with Crippen LogP contribution in [0, 0.1) is 0 Å². The van der Waals surface area contributed by atoms with Gasteiger partial charge in [0.2, 0.25) is 0 Å². The van der Waals surface area contributed by atoms with Crippen LogP contribution in [0.1, 0.15) is 11.1 Å². The third-order valence-electron chi connectivity index (χ3n) is 3.02. The molecule has 5 heteroatoms. The first-order chi connectivity index (χ1) is 9.55. The second-order valence-electron chi connectivity index (χ2n) is 4.46. The number of rotatable bonds is 5. The van der Waals surface area contributed by atoms with Gasteiger partial charge in [-0.3, -0.25) is 0 Å². The summed E-state index contributed by atoms with van der Waals surface area (Å²) in [7, 11) is -1.87. The van der Waals surface area contributed by atoms with Crippen LogP contribution in [-0.2, 0) is 22.1 Å². The minimum atomic E-state index is -3.38. The predicted octanol–water partition coefficient (Wildman–Crippen LogP) is 2.13. The Morgan fingerprint density at radius 3 is 2.30 bits per heavy atom. The van der Waals surface area contributed by atoms with Gasteiger partial charge in [-0.15, -0.1) is 0 Å². The van der Waals surface area contributed by atoms with E-state index in [9.17, 15) is 8.42 Å². The lowest BCUT2D eigenvalue weighted by Gasteiger charge is -2.07. The first kappa shape index (κ1) is 14.6. The highest BCUT2D eigenvalue weighted by Gasteiger charge is 2.16. The van der Waals surface area contributed by atoms with Gasteiger partial charge in [0.25, 0.3) is 0 Å². The Balaban J connectivity index is 2.25. The molecule has 4 nitrogen and oxygen atoms in total. The van der Waals surface area contributed by atoms with Gasteiger partial charge in [0.15, 0.2) is 9.84 Å². The molecule has 0 amide bonds. The summed E-state index contributed by atoms with van der Waals surface area (Å²) >= 11 is 0. The Labute approximate surface area is 119 Å². The third-order valence-corrected chi connectivity index (χ3v) is 4.70. The van der Waals surface area contributed by atoms with E-state index >= 15 is 0 Å². The van der Waals surface area contributed by atoms with E-state index in [0.717, 1.165) is 11.1 Å². The summed E-state index contributed by atoms with van der Waals surface area (Å²) in [6.07, 6.45) is 0. The van der Waals surface area contributed by atoms with Crippen LogP contribution < -0.4 is 10.5 Å². The lowest BCUT2D eigenvalue weighted by molar-refractivity contribution is 0.413. The molecule has 0 aromatic heterocycles. The molecule has 20 heavy (non-hydrogen) atoms. The minimum Gasteiger partial charge on any atom is -0.497 e. The van der Waals surface area contributed by atoms with Crippen LogP contribution in [-0.4, -0.2) is 15.5 Å². The maximum Gasteiger partial charge on any atom is 0.182 e. The van der Waals surface area contributed by atoms with E-state index in [1.165, 1.54) is 13.2 Å². The van der Waals surface area contributed by atoms with Crippen LogP contribution in [0.4, 0.5) is 0 Å². The third kappa shape index (κ3) is 3.37. The van der Waals surface area contributed by atoms with Crippen molar-refractivity contribution in [3.63, 3.8) is 0 Å². The molecule has 0 saturated carbocycles. The number of nitrogens with two attached hydrogens (primary N) is 1. The van der Waals surface area contributed by atoms with Crippen LogP contribution in [0.5, 0.6) is 5.75 Å². The van der Waals surface area contributed by atoms with Crippen molar-refractivity contribution in [3.05, 3.63) is 59.7 Å². The molecule has 0 radical (unpaired) electrons. The monoisotopic (exact) mass is 291 g/mol. The summed E-state index contributed by atoms with van der Waals surface area (Å²) in [5, 5.41) is 0. The van der Waals surface area contributed by atoms with Gasteiger partial charge >= 0.3 is 0 Å².